The molecule has 4 nitrogen and oxygen atoms in total. The van der Waals surface area contributed by atoms with Crippen LogP contribution >= 0.6 is 0 Å². The molecule has 0 unspecified atom stereocenters. The SMILES string of the molecule is CC(C)(C)OC(=O)N1CC(O)(Cc2ccc(F)cc2F)C1. The number of hydrogen-bond acceptors (Lipinski definition) is 3. The highest BCUT2D eigenvalue weighted by Crippen LogP contribution is 2.28. The van der Waals surface area contributed by atoms with Crippen molar-refractivity contribution in [1.29, 1.82) is 0 Å². The zero-order chi connectivity index (χ0) is 15.8. The van der Waals surface area contributed by atoms with Gasteiger partial charge in [-0.05, 0) is 32.4 Å². The van der Waals surface area contributed by atoms with Crippen molar-refractivity contribution in [2.24, 2.45) is 0 Å². The van der Waals surface area contributed by atoms with Crippen LogP contribution in [0.1, 0.15) is 26.3 Å². The first-order valence-electron chi connectivity index (χ1n) is 6.72. The van der Waals surface area contributed by atoms with Crippen LogP contribution in [0, 0.1) is 11.6 Å². The van der Waals surface area contributed by atoms with Crippen LogP contribution in [0.5, 0.6) is 0 Å². The van der Waals surface area contributed by atoms with Gasteiger partial charge < -0.3 is 14.7 Å². The lowest BCUT2D eigenvalue weighted by Crippen LogP contribution is -2.65. The molecule has 2 rings (SSSR count). The number of amides is 1. The smallest absolute Gasteiger partial charge is 0.410 e. The maximum absolute atomic E-state index is 13.6. The highest BCUT2D eigenvalue weighted by atomic mass is 19.1. The van der Waals surface area contributed by atoms with Crippen molar-refractivity contribution in [2.45, 2.75) is 38.4 Å². The zero-order valence-electron chi connectivity index (χ0n) is 12.3. The highest BCUT2D eigenvalue weighted by Gasteiger charge is 2.45. The van der Waals surface area contributed by atoms with E-state index in [9.17, 15) is 18.7 Å². The Balaban J connectivity index is 1.94. The van der Waals surface area contributed by atoms with Gasteiger partial charge in [0.05, 0.1) is 13.1 Å². The average molecular weight is 299 g/mol. The summed E-state index contributed by atoms with van der Waals surface area (Å²) in [6, 6.07) is 3.23. The lowest BCUT2D eigenvalue weighted by Gasteiger charge is -2.46. The van der Waals surface area contributed by atoms with Crippen LogP contribution in [0.3, 0.4) is 0 Å². The Bertz CT molecular complexity index is 548. The largest absolute Gasteiger partial charge is 0.444 e. The minimum absolute atomic E-state index is 0.0262. The molecular weight excluding hydrogens is 280 g/mol. The van der Waals surface area contributed by atoms with E-state index in [1.165, 1.54) is 11.0 Å². The van der Waals surface area contributed by atoms with Crippen LogP contribution in [0.4, 0.5) is 13.6 Å². The van der Waals surface area contributed by atoms with E-state index in [1.807, 2.05) is 0 Å². The van der Waals surface area contributed by atoms with Crippen molar-refractivity contribution < 1.29 is 23.4 Å². The van der Waals surface area contributed by atoms with Crippen molar-refractivity contribution >= 4 is 6.09 Å². The number of benzene rings is 1. The van der Waals surface area contributed by atoms with Gasteiger partial charge in [0.1, 0.15) is 22.8 Å². The number of halogens is 2. The van der Waals surface area contributed by atoms with E-state index in [2.05, 4.69) is 0 Å². The molecule has 21 heavy (non-hydrogen) atoms. The molecule has 0 aromatic heterocycles. The fourth-order valence-electron chi connectivity index (χ4n) is 2.25. The molecular formula is C15H19F2NO3. The monoisotopic (exact) mass is 299 g/mol. The Morgan fingerprint density at radius 3 is 2.52 bits per heavy atom. The Hall–Kier alpha value is -1.69. The molecule has 1 saturated heterocycles. The summed E-state index contributed by atoms with van der Waals surface area (Å²) in [6.07, 6.45) is -0.481. The summed E-state index contributed by atoms with van der Waals surface area (Å²) in [5, 5.41) is 10.3. The van der Waals surface area contributed by atoms with E-state index in [-0.39, 0.29) is 25.1 Å². The standard InChI is InChI=1S/C15H19F2NO3/c1-14(2,3)21-13(19)18-8-15(20,9-18)7-10-4-5-11(16)6-12(10)17/h4-6,20H,7-9H2,1-3H3. The average Bonchev–Trinajstić information content (AvgIpc) is 2.27. The van der Waals surface area contributed by atoms with Crippen molar-refractivity contribution in [3.05, 3.63) is 35.4 Å². The van der Waals surface area contributed by atoms with Gasteiger partial charge in [-0.15, -0.1) is 0 Å². The Morgan fingerprint density at radius 2 is 2.00 bits per heavy atom. The number of rotatable bonds is 2. The summed E-state index contributed by atoms with van der Waals surface area (Å²) < 4.78 is 31.6. The third-order valence-corrected chi connectivity index (χ3v) is 3.16. The molecule has 1 aromatic carbocycles. The Labute approximate surface area is 122 Å². The molecule has 0 radical (unpaired) electrons. The summed E-state index contributed by atoms with van der Waals surface area (Å²) in [5.74, 6) is -1.36. The van der Waals surface area contributed by atoms with Gasteiger partial charge in [0.15, 0.2) is 0 Å². The second-order valence-corrected chi connectivity index (χ2v) is 6.47. The van der Waals surface area contributed by atoms with Crippen molar-refractivity contribution in [1.82, 2.24) is 4.90 Å². The Morgan fingerprint density at radius 1 is 1.38 bits per heavy atom. The van der Waals surface area contributed by atoms with E-state index < -0.39 is 28.9 Å². The molecule has 0 atom stereocenters. The summed E-state index contributed by atoms with van der Waals surface area (Å²) in [7, 11) is 0. The van der Waals surface area contributed by atoms with Crippen LogP contribution in [-0.2, 0) is 11.2 Å². The van der Waals surface area contributed by atoms with Crippen LogP contribution in [0.15, 0.2) is 18.2 Å². The highest BCUT2D eigenvalue weighted by molar-refractivity contribution is 5.69. The van der Waals surface area contributed by atoms with Gasteiger partial charge in [-0.2, -0.15) is 0 Å². The lowest BCUT2D eigenvalue weighted by molar-refractivity contribution is -0.0976. The molecule has 0 saturated carbocycles. The second-order valence-electron chi connectivity index (χ2n) is 6.47. The summed E-state index contributed by atoms with van der Waals surface area (Å²) in [6.45, 7) is 5.40. The molecule has 6 heteroatoms. The molecule has 1 heterocycles. The first kappa shape index (κ1) is 15.7. The maximum Gasteiger partial charge on any atom is 0.410 e. The first-order chi connectivity index (χ1) is 9.58. The van der Waals surface area contributed by atoms with E-state index in [1.54, 1.807) is 20.8 Å². The van der Waals surface area contributed by atoms with Crippen LogP contribution in [-0.4, -0.2) is 40.4 Å². The molecule has 0 aliphatic carbocycles. The number of likely N-dealkylation sites (tertiary alicyclic amines) is 1. The van der Waals surface area contributed by atoms with Gasteiger partial charge in [0, 0.05) is 12.5 Å². The van der Waals surface area contributed by atoms with Gasteiger partial charge >= 0.3 is 6.09 Å². The minimum atomic E-state index is -1.20. The van der Waals surface area contributed by atoms with Gasteiger partial charge in [-0.3, -0.25) is 0 Å². The topological polar surface area (TPSA) is 49.8 Å². The van der Waals surface area contributed by atoms with Crippen molar-refractivity contribution in [3.8, 4) is 0 Å². The summed E-state index contributed by atoms with van der Waals surface area (Å²) in [4.78, 5) is 13.1. The van der Waals surface area contributed by atoms with Crippen LogP contribution in [0.2, 0.25) is 0 Å². The molecule has 0 spiro atoms. The van der Waals surface area contributed by atoms with E-state index in [4.69, 9.17) is 4.74 Å². The number of aliphatic hydroxyl groups is 1. The van der Waals surface area contributed by atoms with Crippen LogP contribution < -0.4 is 0 Å². The molecule has 0 bridgehead atoms. The molecule has 1 amide bonds. The Kier molecular flexibility index (Phi) is 3.93. The fraction of sp³-hybridized carbons (Fsp3) is 0.533. The third kappa shape index (κ3) is 3.91. The predicted octanol–water partition coefficient (Wildman–Crippen LogP) is 2.49. The van der Waals surface area contributed by atoms with Gasteiger partial charge in [0.2, 0.25) is 0 Å². The zero-order valence-corrected chi connectivity index (χ0v) is 12.3. The quantitative estimate of drug-likeness (QED) is 0.913. The fourth-order valence-corrected chi connectivity index (χ4v) is 2.25. The molecule has 1 aliphatic heterocycles. The van der Waals surface area contributed by atoms with E-state index >= 15 is 0 Å². The number of β-amino-alcohol motifs (C(OH)–C–C–N with tert-alkyl or cyclic N) is 1. The third-order valence-electron chi connectivity index (χ3n) is 3.16. The molecule has 116 valence electrons. The first-order valence-corrected chi connectivity index (χ1v) is 6.72. The second kappa shape index (κ2) is 5.26. The summed E-state index contributed by atoms with van der Waals surface area (Å²) >= 11 is 0. The van der Waals surface area contributed by atoms with Gasteiger partial charge in [-0.1, -0.05) is 6.07 Å². The van der Waals surface area contributed by atoms with Crippen LogP contribution in [0.25, 0.3) is 0 Å². The molecule has 1 aliphatic rings. The number of nitrogens with zero attached hydrogens (tertiary/aromatic N) is 1. The number of ether oxygens (including phenoxy) is 1. The molecule has 1 aromatic rings. The molecule has 1 N–H and O–H groups in total. The van der Waals surface area contributed by atoms with Crippen molar-refractivity contribution in [2.75, 3.05) is 13.1 Å². The lowest BCUT2D eigenvalue weighted by atomic mass is 9.87. The number of carbonyl (C=O) groups is 1. The number of carbonyl (C=O) groups excluding carboxylic acids is 1. The predicted molar refractivity (Wildman–Crippen MR) is 72.8 cm³/mol. The maximum atomic E-state index is 13.6. The van der Waals surface area contributed by atoms with E-state index in [0.29, 0.717) is 0 Å². The number of hydrogen-bond donors (Lipinski definition) is 1. The van der Waals surface area contributed by atoms with E-state index in [0.717, 1.165) is 12.1 Å². The van der Waals surface area contributed by atoms with Gasteiger partial charge in [0.25, 0.3) is 0 Å². The minimum Gasteiger partial charge on any atom is -0.444 e. The summed E-state index contributed by atoms with van der Waals surface area (Å²) in [5.41, 5.74) is -1.58. The normalized spacial score (nSPS) is 17.3. The molecule has 1 fully saturated rings. The van der Waals surface area contributed by atoms with Gasteiger partial charge in [-0.25, -0.2) is 13.6 Å². The van der Waals surface area contributed by atoms with Crippen molar-refractivity contribution in [3.63, 3.8) is 0 Å².